The molecule has 27 heavy (non-hydrogen) atoms. The van der Waals surface area contributed by atoms with Crippen molar-refractivity contribution in [2.24, 2.45) is 0 Å². The van der Waals surface area contributed by atoms with E-state index < -0.39 is 30.2 Å². The van der Waals surface area contributed by atoms with Crippen molar-refractivity contribution in [1.29, 1.82) is 0 Å². The first-order valence-electron chi connectivity index (χ1n) is 8.31. The van der Waals surface area contributed by atoms with Gasteiger partial charge in [-0.3, -0.25) is 9.59 Å². The Kier molecular flexibility index (Phi) is 5.81. The van der Waals surface area contributed by atoms with Crippen LogP contribution >= 0.6 is 11.6 Å². The number of ether oxygens (including phenoxy) is 2. The van der Waals surface area contributed by atoms with Gasteiger partial charge in [0, 0.05) is 12.0 Å². The van der Waals surface area contributed by atoms with Crippen molar-refractivity contribution < 1.29 is 28.6 Å². The second kappa shape index (κ2) is 8.26. The summed E-state index contributed by atoms with van der Waals surface area (Å²) in [5.41, 5.74) is 0.589. The molecular weight excluding hydrogens is 377 g/mol. The minimum atomic E-state index is -1.13. The number of carbonyl (C=O) groups is 2. The summed E-state index contributed by atoms with van der Waals surface area (Å²) in [6.07, 6.45) is 0.330. The maximum Gasteiger partial charge on any atom is 0.305 e. The van der Waals surface area contributed by atoms with Crippen molar-refractivity contribution in [3.63, 3.8) is 0 Å². The third-order valence-corrected chi connectivity index (χ3v) is 4.35. The number of nitrogens with one attached hydrogen (secondary N) is 1. The number of fused-ring (bicyclic) bond motifs is 1. The summed E-state index contributed by atoms with van der Waals surface area (Å²) >= 11 is 5.67. The Hall–Kier alpha value is -2.80. The molecule has 6 nitrogen and oxygen atoms in total. The highest BCUT2D eigenvalue weighted by molar-refractivity contribution is 6.30. The standard InChI is InChI=1S/C19H17ClFNO5/c20-13-4-2-11(8-14(13)21)15(10-18(23)24)22-19(25)12-3-5-16-17(9-12)27-7-1-6-26-16/h2-5,8-9,15H,1,6-7,10H2,(H,22,25)(H,23,24). The number of carbonyl (C=O) groups excluding carboxylic acids is 1. The molecule has 3 rings (SSSR count). The van der Waals surface area contributed by atoms with E-state index in [0.717, 1.165) is 12.5 Å². The monoisotopic (exact) mass is 393 g/mol. The van der Waals surface area contributed by atoms with Crippen LogP contribution in [-0.4, -0.2) is 30.2 Å². The second-order valence-electron chi connectivity index (χ2n) is 6.01. The molecule has 1 unspecified atom stereocenters. The zero-order chi connectivity index (χ0) is 19.4. The summed E-state index contributed by atoms with van der Waals surface area (Å²) in [5, 5.41) is 11.7. The molecule has 1 aliphatic rings. The number of halogens is 2. The molecule has 0 fully saturated rings. The minimum absolute atomic E-state index is 0.0814. The molecule has 2 N–H and O–H groups in total. The average Bonchev–Trinajstić information content (AvgIpc) is 2.87. The smallest absolute Gasteiger partial charge is 0.305 e. The van der Waals surface area contributed by atoms with E-state index in [1.165, 1.54) is 18.2 Å². The van der Waals surface area contributed by atoms with E-state index in [4.69, 9.17) is 26.2 Å². The van der Waals surface area contributed by atoms with Crippen LogP contribution < -0.4 is 14.8 Å². The predicted molar refractivity (Wildman–Crippen MR) is 95.9 cm³/mol. The molecule has 2 aromatic rings. The maximum absolute atomic E-state index is 13.7. The fourth-order valence-electron chi connectivity index (χ4n) is 2.70. The lowest BCUT2D eigenvalue weighted by Gasteiger charge is -2.18. The van der Waals surface area contributed by atoms with E-state index in [1.807, 2.05) is 0 Å². The SMILES string of the molecule is O=C(O)CC(NC(=O)c1ccc2c(c1)OCCCO2)c1ccc(Cl)c(F)c1. The van der Waals surface area contributed by atoms with Crippen LogP contribution in [0.1, 0.15) is 34.8 Å². The number of carboxylic acid groups (broad SMARTS) is 1. The van der Waals surface area contributed by atoms with Gasteiger partial charge in [0.2, 0.25) is 0 Å². The summed E-state index contributed by atoms with van der Waals surface area (Å²) < 4.78 is 24.8. The first-order chi connectivity index (χ1) is 12.9. The molecule has 0 bridgehead atoms. The normalized spacial score (nSPS) is 14.1. The van der Waals surface area contributed by atoms with Crippen LogP contribution in [0.2, 0.25) is 5.02 Å². The summed E-state index contributed by atoms with van der Waals surface area (Å²) in [5.74, 6) is -1.32. The largest absolute Gasteiger partial charge is 0.490 e. The van der Waals surface area contributed by atoms with E-state index in [1.54, 1.807) is 12.1 Å². The third-order valence-electron chi connectivity index (χ3n) is 4.04. The van der Waals surface area contributed by atoms with E-state index in [0.29, 0.717) is 30.3 Å². The zero-order valence-electron chi connectivity index (χ0n) is 14.2. The van der Waals surface area contributed by atoms with Crippen LogP contribution in [0.4, 0.5) is 4.39 Å². The molecule has 0 radical (unpaired) electrons. The highest BCUT2D eigenvalue weighted by Gasteiger charge is 2.21. The Morgan fingerprint density at radius 1 is 1.15 bits per heavy atom. The van der Waals surface area contributed by atoms with Gasteiger partial charge in [-0.15, -0.1) is 0 Å². The number of hydrogen-bond donors (Lipinski definition) is 2. The van der Waals surface area contributed by atoms with Crippen molar-refractivity contribution in [3.05, 3.63) is 58.4 Å². The van der Waals surface area contributed by atoms with Crippen LogP contribution in [-0.2, 0) is 4.79 Å². The summed E-state index contributed by atoms with van der Waals surface area (Å²) in [4.78, 5) is 23.8. The second-order valence-corrected chi connectivity index (χ2v) is 6.42. The molecule has 1 heterocycles. The van der Waals surface area contributed by atoms with Crippen LogP contribution in [0.25, 0.3) is 0 Å². The molecule has 1 amide bonds. The average molecular weight is 394 g/mol. The zero-order valence-corrected chi connectivity index (χ0v) is 15.0. The number of rotatable bonds is 5. The number of hydrogen-bond acceptors (Lipinski definition) is 4. The first kappa shape index (κ1) is 19.0. The Balaban J connectivity index is 1.82. The molecule has 8 heteroatoms. The topological polar surface area (TPSA) is 84.9 Å². The van der Waals surface area contributed by atoms with E-state index >= 15 is 0 Å². The van der Waals surface area contributed by atoms with Crippen molar-refractivity contribution in [3.8, 4) is 11.5 Å². The predicted octanol–water partition coefficient (Wildman–Crippen LogP) is 3.59. The molecular formula is C19H17ClFNO5. The van der Waals surface area contributed by atoms with Crippen LogP contribution in [0.15, 0.2) is 36.4 Å². The molecule has 0 saturated carbocycles. The Labute approximate surface area is 159 Å². The summed E-state index contributed by atoms with van der Waals surface area (Å²) in [7, 11) is 0. The van der Waals surface area contributed by atoms with Crippen molar-refractivity contribution in [2.75, 3.05) is 13.2 Å². The fraction of sp³-hybridized carbons (Fsp3) is 0.263. The maximum atomic E-state index is 13.7. The van der Waals surface area contributed by atoms with Gasteiger partial charge < -0.3 is 19.9 Å². The molecule has 1 aliphatic heterocycles. The van der Waals surface area contributed by atoms with Crippen molar-refractivity contribution in [2.45, 2.75) is 18.9 Å². The Morgan fingerprint density at radius 2 is 1.89 bits per heavy atom. The molecule has 0 aromatic heterocycles. The summed E-state index contributed by atoms with van der Waals surface area (Å²) in [6, 6.07) is 7.72. The van der Waals surface area contributed by atoms with E-state index in [9.17, 15) is 14.0 Å². The van der Waals surface area contributed by atoms with Gasteiger partial charge in [0.05, 0.1) is 30.7 Å². The van der Waals surface area contributed by atoms with E-state index in [-0.39, 0.29) is 10.6 Å². The molecule has 0 saturated heterocycles. The highest BCUT2D eigenvalue weighted by atomic mass is 35.5. The highest BCUT2D eigenvalue weighted by Crippen LogP contribution is 2.31. The van der Waals surface area contributed by atoms with Crippen LogP contribution in [0.3, 0.4) is 0 Å². The van der Waals surface area contributed by atoms with Crippen molar-refractivity contribution in [1.82, 2.24) is 5.32 Å². The molecule has 1 atom stereocenters. The Bertz CT molecular complexity index is 873. The molecule has 0 spiro atoms. The van der Waals surface area contributed by atoms with Crippen molar-refractivity contribution >= 4 is 23.5 Å². The third kappa shape index (κ3) is 4.68. The van der Waals surface area contributed by atoms with Gasteiger partial charge in [-0.25, -0.2) is 4.39 Å². The van der Waals surface area contributed by atoms with Gasteiger partial charge in [-0.1, -0.05) is 17.7 Å². The van der Waals surface area contributed by atoms with E-state index in [2.05, 4.69) is 5.32 Å². The lowest BCUT2D eigenvalue weighted by molar-refractivity contribution is -0.137. The van der Waals surface area contributed by atoms with Crippen LogP contribution in [0.5, 0.6) is 11.5 Å². The van der Waals surface area contributed by atoms with Gasteiger partial charge in [0.1, 0.15) is 5.82 Å². The first-order valence-corrected chi connectivity index (χ1v) is 8.69. The number of amides is 1. The summed E-state index contributed by atoms with van der Waals surface area (Å²) in [6.45, 7) is 1.01. The minimum Gasteiger partial charge on any atom is -0.490 e. The number of benzene rings is 2. The lowest BCUT2D eigenvalue weighted by atomic mass is 10.0. The fourth-order valence-corrected chi connectivity index (χ4v) is 2.82. The lowest BCUT2D eigenvalue weighted by Crippen LogP contribution is -2.30. The van der Waals surface area contributed by atoms with Gasteiger partial charge >= 0.3 is 5.97 Å². The Morgan fingerprint density at radius 3 is 2.59 bits per heavy atom. The molecule has 2 aromatic carbocycles. The number of carboxylic acids is 1. The quantitative estimate of drug-likeness (QED) is 0.811. The van der Waals surface area contributed by atoms with Gasteiger partial charge in [-0.2, -0.15) is 0 Å². The van der Waals surface area contributed by atoms with Gasteiger partial charge in [-0.05, 0) is 35.9 Å². The van der Waals surface area contributed by atoms with Gasteiger partial charge in [0.15, 0.2) is 11.5 Å². The molecule has 0 aliphatic carbocycles. The number of aliphatic carboxylic acids is 1. The molecule has 142 valence electrons. The van der Waals surface area contributed by atoms with Gasteiger partial charge in [0.25, 0.3) is 5.91 Å². The van der Waals surface area contributed by atoms with Crippen LogP contribution in [0, 0.1) is 5.82 Å².